The van der Waals surface area contributed by atoms with E-state index in [4.69, 9.17) is 11.5 Å². The third-order valence-corrected chi connectivity index (χ3v) is 15.4. The predicted molar refractivity (Wildman–Crippen MR) is 314 cm³/mol. The van der Waals surface area contributed by atoms with Gasteiger partial charge in [0.25, 0.3) is 0 Å². The summed E-state index contributed by atoms with van der Waals surface area (Å²) in [6.45, 7) is -1.14. The number of para-hydroxylation sites is 1. The average molecular weight is 1270 g/mol. The van der Waals surface area contributed by atoms with Gasteiger partial charge in [0.2, 0.25) is 59.1 Å². The van der Waals surface area contributed by atoms with Gasteiger partial charge < -0.3 is 89.4 Å². The van der Waals surface area contributed by atoms with Crippen molar-refractivity contribution in [2.45, 2.75) is 137 Å². The van der Waals surface area contributed by atoms with Gasteiger partial charge in [-0.15, -0.1) is 0 Å². The highest BCUT2D eigenvalue weighted by Crippen LogP contribution is 2.24. The predicted octanol–water partition coefficient (Wildman–Crippen LogP) is -3.68. The maximum Gasteiger partial charge on any atom is 0.326 e. The van der Waals surface area contributed by atoms with Crippen LogP contribution >= 0.6 is 35.3 Å². The first-order valence-corrected chi connectivity index (χ1v) is 31.2. The Morgan fingerprint density at radius 3 is 1.52 bits per heavy atom. The molecular formula is C52H76N12O19S3. The summed E-state index contributed by atoms with van der Waals surface area (Å²) in [6, 6.07) is -9.21. The zero-order valence-electron chi connectivity index (χ0n) is 47.5. The molecule has 0 saturated carbocycles. The molecule has 18 N–H and O–H groups in total. The van der Waals surface area contributed by atoms with E-state index in [1.165, 1.54) is 41.5 Å². The molecule has 2 heterocycles. The Balaban J connectivity index is 1.92. The Labute approximate surface area is 506 Å². The van der Waals surface area contributed by atoms with Crippen LogP contribution in [0.1, 0.15) is 76.2 Å². The number of thioether (sulfide) groups is 3. The molecule has 1 aromatic heterocycles. The number of aliphatic carboxylic acids is 4. The number of nitrogens with zero attached hydrogens (tertiary/aromatic N) is 1. The van der Waals surface area contributed by atoms with Crippen molar-refractivity contribution in [3.8, 4) is 0 Å². The first kappa shape index (κ1) is 72.6. The maximum atomic E-state index is 14.8. The van der Waals surface area contributed by atoms with Gasteiger partial charge in [-0.05, 0) is 92.6 Å². The third kappa shape index (κ3) is 24.0. The summed E-state index contributed by atoms with van der Waals surface area (Å²) in [4.78, 5) is 188. The van der Waals surface area contributed by atoms with E-state index in [0.717, 1.165) is 4.90 Å². The van der Waals surface area contributed by atoms with E-state index in [2.05, 4.69) is 47.5 Å². The summed E-state index contributed by atoms with van der Waals surface area (Å²) in [5.74, 6) is -15.6. The molecule has 1 aliphatic rings. The number of fused-ring (bicyclic) bond motifs is 1. The smallest absolute Gasteiger partial charge is 0.326 e. The number of aliphatic hydroxyl groups is 1. The quantitative estimate of drug-likeness (QED) is 0.0306. The maximum absolute atomic E-state index is 14.8. The van der Waals surface area contributed by atoms with E-state index >= 15 is 0 Å². The minimum absolute atomic E-state index is 0.00166. The molecule has 476 valence electrons. The van der Waals surface area contributed by atoms with E-state index < -0.39 is 176 Å². The van der Waals surface area contributed by atoms with Gasteiger partial charge in [-0.3, -0.25) is 62.3 Å². The van der Waals surface area contributed by atoms with Gasteiger partial charge in [0, 0.05) is 42.9 Å². The number of carboxylic acid groups (broad SMARTS) is 4. The lowest BCUT2D eigenvalue weighted by Gasteiger charge is -2.31. The molecule has 0 unspecified atom stereocenters. The summed E-state index contributed by atoms with van der Waals surface area (Å²) < 4.78 is 0. The first-order valence-electron chi connectivity index (χ1n) is 27.0. The van der Waals surface area contributed by atoms with Gasteiger partial charge >= 0.3 is 23.9 Å². The Bertz CT molecular complexity index is 2760. The summed E-state index contributed by atoms with van der Waals surface area (Å²) in [5.41, 5.74) is 12.1. The van der Waals surface area contributed by atoms with Crippen molar-refractivity contribution >= 4 is 129 Å². The number of nitrogens with two attached hydrogens (primary N) is 2. The van der Waals surface area contributed by atoms with Crippen molar-refractivity contribution in [3.05, 3.63) is 36.0 Å². The number of nitrogens with one attached hydrogen (secondary N) is 9. The van der Waals surface area contributed by atoms with Crippen LogP contribution < -0.4 is 54.0 Å². The fourth-order valence-electron chi connectivity index (χ4n) is 8.83. The van der Waals surface area contributed by atoms with Crippen molar-refractivity contribution < 1.29 is 92.7 Å². The number of aliphatic hydroxyl groups excluding tert-OH is 1. The van der Waals surface area contributed by atoms with Gasteiger partial charge in [-0.1, -0.05) is 18.2 Å². The van der Waals surface area contributed by atoms with Crippen molar-refractivity contribution in [1.82, 2.24) is 52.4 Å². The number of amides is 10. The molecule has 1 fully saturated rings. The number of hydrogen-bond acceptors (Lipinski definition) is 19. The molecule has 1 aromatic carbocycles. The number of carbonyl (C=O) groups excluding carboxylic acids is 10. The zero-order valence-corrected chi connectivity index (χ0v) is 49.9. The van der Waals surface area contributed by atoms with Crippen LogP contribution in [0.5, 0.6) is 0 Å². The van der Waals surface area contributed by atoms with E-state index in [9.17, 15) is 92.7 Å². The van der Waals surface area contributed by atoms with Crippen molar-refractivity contribution in [2.24, 2.45) is 11.5 Å². The van der Waals surface area contributed by atoms with Crippen LogP contribution in [0.4, 0.5) is 0 Å². The van der Waals surface area contributed by atoms with Crippen molar-refractivity contribution in [1.29, 1.82) is 0 Å². The number of primary amides is 1. The van der Waals surface area contributed by atoms with Crippen LogP contribution in [0.3, 0.4) is 0 Å². The zero-order chi connectivity index (χ0) is 64.2. The van der Waals surface area contributed by atoms with Crippen molar-refractivity contribution in [3.63, 3.8) is 0 Å². The molecule has 31 nitrogen and oxygen atoms in total. The third-order valence-electron chi connectivity index (χ3n) is 13.4. The molecule has 86 heavy (non-hydrogen) atoms. The summed E-state index contributed by atoms with van der Waals surface area (Å²) >= 11 is 3.83. The molecule has 2 aromatic rings. The fraction of sp³-hybridized carbons (Fsp3) is 0.577. The topological polar surface area (TPSA) is 507 Å². The van der Waals surface area contributed by atoms with E-state index in [0.29, 0.717) is 28.0 Å². The number of aromatic nitrogens is 1. The highest BCUT2D eigenvalue weighted by atomic mass is 32.2. The number of likely N-dealkylation sites (tertiary alicyclic amines) is 1. The van der Waals surface area contributed by atoms with E-state index in [1.54, 1.807) is 43.0 Å². The number of benzene rings is 1. The summed E-state index contributed by atoms with van der Waals surface area (Å²) in [7, 11) is 0. The lowest BCUT2D eigenvalue weighted by Crippen LogP contribution is -2.61. The number of hydrogen-bond donors (Lipinski definition) is 16. The SMILES string of the molecule is CSCC[C@H](NC(=O)[C@H](CCC(=O)O)NC(=O)[C@@H]1CCCN1C(=O)[C@H](Cc1c[nH]c2ccccc12)NC(=O)[C@H](CC(=O)O)NC(=O)[C@H](CC(=O)O)NC(=O)[C@H](CCSC)NC(=O)[C@H](CO)NC(=O)[C@H](CCSC)NC(=O)[C@@H](N)CCC(N)=O)C(=O)O. The van der Waals surface area contributed by atoms with Gasteiger partial charge in [0.05, 0.1) is 25.5 Å². The number of carboxylic acids is 4. The Kier molecular flexibility index (Phi) is 31.2. The fourth-order valence-corrected chi connectivity index (χ4v) is 10.2. The Morgan fingerprint density at radius 1 is 0.570 bits per heavy atom. The number of carbonyl (C=O) groups is 14. The van der Waals surface area contributed by atoms with Crippen LogP contribution in [-0.2, 0) is 73.5 Å². The van der Waals surface area contributed by atoms with Gasteiger partial charge in [0.1, 0.15) is 54.4 Å². The van der Waals surface area contributed by atoms with Crippen LogP contribution in [0, 0.1) is 0 Å². The van der Waals surface area contributed by atoms with E-state index in [1.807, 2.05) is 0 Å². The number of H-pyrrole nitrogens is 1. The standard InChI is InChI=1S/C52H76N12O19S3/c1-84-18-14-31(56-43(73)28(53)10-12-39(54)66)46(76)63-37(25-65)49(79)57-32(15-19-85-2)45(75)60-34(22-41(69)70)47(77)61-35(23-42(71)72)48(78)62-36(21-26-24-55-29-8-5-4-7-27(26)29)51(81)64-17-6-9-38(64)50(80)58-30(11-13-40(67)68)44(74)59-33(52(82)83)16-20-86-3/h4-5,7-8,24,28,30-38,55,65H,6,9-23,25,53H2,1-3H3,(H2,54,66)(H,56,73)(H,57,79)(H,58,80)(H,59,74)(H,60,75)(H,61,77)(H,62,78)(H,63,76)(H,67,68)(H,69,70)(H,71,72)(H,82,83)/t28-,30-,31-,32-,33-,34-,35-,36-,37-,38-/m0/s1. The van der Waals surface area contributed by atoms with Gasteiger partial charge in [-0.2, -0.15) is 35.3 Å². The lowest BCUT2D eigenvalue weighted by atomic mass is 10.0. The monoisotopic (exact) mass is 1270 g/mol. The van der Waals surface area contributed by atoms with Crippen LogP contribution in [0.2, 0.25) is 0 Å². The molecule has 0 aliphatic carbocycles. The summed E-state index contributed by atoms with van der Waals surface area (Å²) in [6.07, 6.45) is 2.50. The molecule has 0 spiro atoms. The molecular weight excluding hydrogens is 1190 g/mol. The number of rotatable bonds is 40. The second-order valence-corrected chi connectivity index (χ2v) is 22.8. The Morgan fingerprint density at radius 2 is 1.02 bits per heavy atom. The Hall–Kier alpha value is -7.69. The molecule has 1 saturated heterocycles. The highest BCUT2D eigenvalue weighted by Gasteiger charge is 2.41. The number of aromatic amines is 1. The molecule has 10 amide bonds. The average Bonchev–Trinajstić information content (AvgIpc) is 3.24. The lowest BCUT2D eigenvalue weighted by molar-refractivity contribution is -0.145. The second-order valence-electron chi connectivity index (χ2n) is 19.8. The molecule has 0 radical (unpaired) electrons. The van der Waals surface area contributed by atoms with Crippen molar-refractivity contribution in [2.75, 3.05) is 49.2 Å². The normalized spacial score (nSPS) is 16.0. The molecule has 0 bridgehead atoms. The minimum Gasteiger partial charge on any atom is -0.481 e. The van der Waals surface area contributed by atoms with Gasteiger partial charge in [-0.25, -0.2) is 4.79 Å². The van der Waals surface area contributed by atoms with E-state index in [-0.39, 0.29) is 63.7 Å². The van der Waals surface area contributed by atoms with Gasteiger partial charge in [0.15, 0.2) is 0 Å². The second kappa shape index (κ2) is 37.0. The van der Waals surface area contributed by atoms with Crippen LogP contribution in [0.25, 0.3) is 10.9 Å². The molecule has 3 rings (SSSR count). The molecule has 10 atom stereocenters. The highest BCUT2D eigenvalue weighted by molar-refractivity contribution is 7.99. The van der Waals surface area contributed by atoms with Crippen LogP contribution in [0.15, 0.2) is 30.5 Å². The largest absolute Gasteiger partial charge is 0.481 e. The minimum atomic E-state index is -2.10. The molecule has 1 aliphatic heterocycles. The summed E-state index contributed by atoms with van der Waals surface area (Å²) in [5, 5.41) is 68.6. The molecule has 34 heteroatoms. The first-order chi connectivity index (χ1) is 40.7. The van der Waals surface area contributed by atoms with Crippen LogP contribution in [-0.4, -0.2) is 228 Å².